The molecule has 1 unspecified atom stereocenters. The standard InChI is InChI=1S/C25H25NO5.C24H23NO4/c1-19-25(28,31-18-26(19)24(27)30-17-21-10-6-3-7-11-21)22-12-14-23(15-13-22)29-16-20-8-4-2-5-9-20;1-18(25-24(27)29-17-20-10-6-3-7-11-20)23(26)21-12-14-22(15-13-21)28-16-19-8-4-2-5-9-19/h2-15,19,28H,16-18H2,1H3;2-15,18H,16-17H2,1H3,(H,25,27)/t19-,25?;18-/m00/s1. The van der Waals surface area contributed by atoms with Crippen molar-refractivity contribution in [2.45, 2.75) is 58.1 Å². The smallest absolute Gasteiger partial charge is 0.412 e. The van der Waals surface area contributed by atoms with Gasteiger partial charge < -0.3 is 34.1 Å². The first-order valence-electron chi connectivity index (χ1n) is 19.6. The second-order valence-corrected chi connectivity index (χ2v) is 14.0. The summed E-state index contributed by atoms with van der Waals surface area (Å²) < 4.78 is 27.7. The highest BCUT2D eigenvalue weighted by Crippen LogP contribution is 2.36. The number of amides is 2. The Kier molecular flexibility index (Phi) is 15.0. The normalized spacial score (nSPS) is 16.1. The number of hydrogen-bond acceptors (Lipinski definition) is 9. The predicted octanol–water partition coefficient (Wildman–Crippen LogP) is 9.19. The average molecular weight is 809 g/mol. The molecule has 0 aliphatic carbocycles. The summed E-state index contributed by atoms with van der Waals surface area (Å²) in [5, 5.41) is 13.7. The summed E-state index contributed by atoms with van der Waals surface area (Å²) in [4.78, 5) is 38.4. The van der Waals surface area contributed by atoms with Crippen LogP contribution in [0.2, 0.25) is 0 Å². The van der Waals surface area contributed by atoms with Gasteiger partial charge in [0.25, 0.3) is 0 Å². The Morgan fingerprint density at radius 1 is 0.633 bits per heavy atom. The number of carbonyl (C=O) groups is 3. The number of nitrogens with zero attached hydrogens (tertiary/aromatic N) is 1. The van der Waals surface area contributed by atoms with E-state index < -0.39 is 30.1 Å². The van der Waals surface area contributed by atoms with Crippen molar-refractivity contribution in [3.63, 3.8) is 0 Å². The molecule has 6 aromatic carbocycles. The Morgan fingerprint density at radius 3 is 1.52 bits per heavy atom. The van der Waals surface area contributed by atoms with E-state index in [1.54, 1.807) is 62.4 Å². The first kappa shape index (κ1) is 42.7. The number of aliphatic hydroxyl groups is 1. The van der Waals surface area contributed by atoms with Gasteiger partial charge in [-0.15, -0.1) is 0 Å². The first-order valence-corrected chi connectivity index (χ1v) is 19.6. The molecular formula is C49H48N2O9. The maximum Gasteiger partial charge on any atom is 0.412 e. The van der Waals surface area contributed by atoms with Crippen molar-refractivity contribution in [2.75, 3.05) is 6.73 Å². The molecule has 2 amide bonds. The van der Waals surface area contributed by atoms with Crippen molar-refractivity contribution < 1.29 is 43.2 Å². The number of rotatable bonds is 14. The minimum Gasteiger partial charge on any atom is -0.489 e. The Morgan fingerprint density at radius 2 is 1.05 bits per heavy atom. The van der Waals surface area contributed by atoms with Crippen LogP contribution in [0.4, 0.5) is 9.59 Å². The molecule has 0 aromatic heterocycles. The van der Waals surface area contributed by atoms with Crippen LogP contribution in [0, 0.1) is 0 Å². The highest BCUT2D eigenvalue weighted by atomic mass is 16.7. The lowest BCUT2D eigenvalue weighted by Crippen LogP contribution is -2.43. The Labute approximate surface area is 350 Å². The maximum absolute atomic E-state index is 12.5. The van der Waals surface area contributed by atoms with Gasteiger partial charge in [0, 0.05) is 11.1 Å². The first-order chi connectivity index (χ1) is 29.2. The fourth-order valence-electron chi connectivity index (χ4n) is 6.19. The molecule has 0 spiro atoms. The number of Topliss-reactive ketones (excluding diaryl/α,β-unsaturated/α-hetero) is 1. The Bertz CT molecular complexity index is 2240. The van der Waals surface area contributed by atoms with Gasteiger partial charge in [0.05, 0.1) is 12.1 Å². The summed E-state index contributed by atoms with van der Waals surface area (Å²) in [5.74, 6) is -0.463. The van der Waals surface area contributed by atoms with Crippen LogP contribution in [0.3, 0.4) is 0 Å². The van der Waals surface area contributed by atoms with E-state index in [0.29, 0.717) is 35.8 Å². The Hall–Kier alpha value is -6.95. The van der Waals surface area contributed by atoms with Gasteiger partial charge in [-0.1, -0.05) is 121 Å². The van der Waals surface area contributed by atoms with Crippen LogP contribution in [0.15, 0.2) is 170 Å². The molecule has 2 N–H and O–H groups in total. The molecule has 1 heterocycles. The fourth-order valence-corrected chi connectivity index (χ4v) is 6.19. The molecule has 11 nitrogen and oxygen atoms in total. The molecule has 7 rings (SSSR count). The summed E-state index contributed by atoms with van der Waals surface area (Å²) in [5.41, 5.74) is 4.96. The van der Waals surface area contributed by atoms with Gasteiger partial charge in [0.2, 0.25) is 5.79 Å². The zero-order chi connectivity index (χ0) is 42.2. The molecular weight excluding hydrogens is 761 g/mol. The van der Waals surface area contributed by atoms with Crippen LogP contribution in [0.1, 0.15) is 52.0 Å². The van der Waals surface area contributed by atoms with Crippen molar-refractivity contribution in [3.8, 4) is 11.5 Å². The Balaban J connectivity index is 0.000000202. The van der Waals surface area contributed by atoms with Crippen molar-refractivity contribution in [3.05, 3.63) is 203 Å². The van der Waals surface area contributed by atoms with Crippen molar-refractivity contribution in [1.82, 2.24) is 10.2 Å². The van der Waals surface area contributed by atoms with Crippen LogP contribution < -0.4 is 14.8 Å². The number of alkyl carbamates (subject to hydrolysis) is 1. The van der Waals surface area contributed by atoms with Crippen LogP contribution in [-0.2, 0) is 46.4 Å². The fraction of sp³-hybridized carbons (Fsp3) is 0.204. The largest absolute Gasteiger partial charge is 0.489 e. The third-order valence-corrected chi connectivity index (χ3v) is 9.74. The lowest BCUT2D eigenvalue weighted by molar-refractivity contribution is -0.185. The molecule has 1 aliphatic heterocycles. The third kappa shape index (κ3) is 12.0. The maximum atomic E-state index is 12.5. The van der Waals surface area contributed by atoms with Gasteiger partial charge in [-0.25, -0.2) is 9.59 Å². The number of carbonyl (C=O) groups excluding carboxylic acids is 3. The average Bonchev–Trinajstić information content (AvgIpc) is 3.61. The SMILES string of the molecule is C[C@@H]1N(C(=O)OCc2ccccc2)COC1(O)c1ccc(OCc2ccccc2)cc1.C[C@H](NC(=O)OCc1ccccc1)C(=O)c1ccc(OCc2ccccc2)cc1. The number of nitrogens with one attached hydrogen (secondary N) is 1. The summed E-state index contributed by atoms with van der Waals surface area (Å²) in [6, 6.07) is 51.1. The summed E-state index contributed by atoms with van der Waals surface area (Å²) >= 11 is 0. The van der Waals surface area contributed by atoms with E-state index in [1.807, 2.05) is 121 Å². The van der Waals surface area contributed by atoms with Crippen molar-refractivity contribution >= 4 is 18.0 Å². The molecule has 1 saturated heterocycles. The van der Waals surface area contributed by atoms with Crippen molar-refractivity contribution in [2.24, 2.45) is 0 Å². The van der Waals surface area contributed by atoms with Gasteiger partial charge >= 0.3 is 12.2 Å². The van der Waals surface area contributed by atoms with Gasteiger partial charge in [-0.05, 0) is 84.6 Å². The quantitative estimate of drug-likeness (QED) is 0.103. The molecule has 1 fully saturated rings. The second kappa shape index (κ2) is 21.2. The predicted molar refractivity (Wildman–Crippen MR) is 226 cm³/mol. The zero-order valence-electron chi connectivity index (χ0n) is 33.5. The highest BCUT2D eigenvalue weighted by Gasteiger charge is 2.49. The molecule has 308 valence electrons. The number of ether oxygens (including phenoxy) is 5. The van der Waals surface area contributed by atoms with E-state index in [0.717, 1.165) is 22.3 Å². The van der Waals surface area contributed by atoms with E-state index in [1.165, 1.54) is 4.90 Å². The van der Waals surface area contributed by atoms with E-state index in [-0.39, 0.29) is 25.7 Å². The van der Waals surface area contributed by atoms with Crippen LogP contribution in [0.25, 0.3) is 0 Å². The van der Waals surface area contributed by atoms with Crippen LogP contribution >= 0.6 is 0 Å². The summed E-state index contributed by atoms with van der Waals surface area (Å²) in [6.07, 6.45) is -1.16. The monoisotopic (exact) mass is 808 g/mol. The molecule has 3 atom stereocenters. The van der Waals surface area contributed by atoms with E-state index >= 15 is 0 Å². The molecule has 6 aromatic rings. The van der Waals surface area contributed by atoms with Gasteiger partial charge in [0.1, 0.15) is 44.7 Å². The summed E-state index contributed by atoms with van der Waals surface area (Å²) in [7, 11) is 0. The van der Waals surface area contributed by atoms with E-state index in [4.69, 9.17) is 23.7 Å². The molecule has 60 heavy (non-hydrogen) atoms. The highest BCUT2D eigenvalue weighted by molar-refractivity contribution is 6.01. The third-order valence-electron chi connectivity index (χ3n) is 9.74. The minimum atomic E-state index is -1.62. The van der Waals surface area contributed by atoms with Crippen molar-refractivity contribution in [1.29, 1.82) is 0 Å². The zero-order valence-corrected chi connectivity index (χ0v) is 33.5. The minimum absolute atomic E-state index is 0.0580. The topological polar surface area (TPSA) is 133 Å². The van der Waals surface area contributed by atoms with E-state index in [2.05, 4.69) is 5.32 Å². The molecule has 0 radical (unpaired) electrons. The van der Waals surface area contributed by atoms with Gasteiger partial charge in [-0.3, -0.25) is 9.69 Å². The number of hydrogen-bond donors (Lipinski definition) is 2. The van der Waals surface area contributed by atoms with E-state index in [9.17, 15) is 19.5 Å². The van der Waals surface area contributed by atoms with Crippen LogP contribution in [-0.4, -0.2) is 46.8 Å². The number of benzene rings is 6. The lowest BCUT2D eigenvalue weighted by Gasteiger charge is -2.28. The molecule has 11 heteroatoms. The lowest BCUT2D eigenvalue weighted by atomic mass is 9.99. The molecule has 0 saturated carbocycles. The van der Waals surface area contributed by atoms with Gasteiger partial charge in [0.15, 0.2) is 5.78 Å². The van der Waals surface area contributed by atoms with Crippen LogP contribution in [0.5, 0.6) is 11.5 Å². The molecule has 1 aliphatic rings. The van der Waals surface area contributed by atoms with Gasteiger partial charge in [-0.2, -0.15) is 0 Å². The molecule has 0 bridgehead atoms. The second-order valence-electron chi connectivity index (χ2n) is 14.0. The number of ketones is 1. The summed E-state index contributed by atoms with van der Waals surface area (Å²) in [6.45, 7) is 4.54.